The van der Waals surface area contributed by atoms with E-state index >= 15 is 0 Å². The van der Waals surface area contributed by atoms with Crippen LogP contribution in [0, 0.1) is 12.8 Å². The summed E-state index contributed by atoms with van der Waals surface area (Å²) >= 11 is 1.40. The molecular formula is C16H21N3OS. The molecule has 1 aromatic heterocycles. The van der Waals surface area contributed by atoms with E-state index in [2.05, 4.69) is 29.5 Å². The quantitative estimate of drug-likeness (QED) is 0.842. The Labute approximate surface area is 129 Å². The zero-order valence-corrected chi connectivity index (χ0v) is 13.5. The number of benzene rings is 1. The molecule has 0 aliphatic rings. The largest absolute Gasteiger partial charge is 0.361 e. The third-order valence-corrected chi connectivity index (χ3v) is 4.15. The summed E-state index contributed by atoms with van der Waals surface area (Å²) in [6.07, 6.45) is 1.09. The van der Waals surface area contributed by atoms with Gasteiger partial charge in [0, 0.05) is 12.2 Å². The number of aryl methyl sites for hydroxylation is 1. The van der Waals surface area contributed by atoms with Crippen molar-refractivity contribution in [3.05, 3.63) is 40.9 Å². The number of amides is 1. The van der Waals surface area contributed by atoms with E-state index < -0.39 is 0 Å². The Morgan fingerprint density at radius 3 is 2.67 bits per heavy atom. The van der Waals surface area contributed by atoms with Crippen molar-refractivity contribution in [3.63, 3.8) is 0 Å². The summed E-state index contributed by atoms with van der Waals surface area (Å²) in [5.74, 6) is 0.549. The van der Waals surface area contributed by atoms with Crippen molar-refractivity contribution in [2.24, 2.45) is 5.92 Å². The summed E-state index contributed by atoms with van der Waals surface area (Å²) in [5, 5.41) is 6.99. The molecule has 0 bridgehead atoms. The second kappa shape index (κ2) is 7.22. The minimum absolute atomic E-state index is 0.104. The highest BCUT2D eigenvalue weighted by Crippen LogP contribution is 2.23. The molecule has 112 valence electrons. The Hall–Kier alpha value is -1.88. The van der Waals surface area contributed by atoms with Gasteiger partial charge in [-0.3, -0.25) is 4.79 Å². The minimum Gasteiger partial charge on any atom is -0.361 e. The van der Waals surface area contributed by atoms with E-state index in [0.29, 0.717) is 10.8 Å². The first-order valence-electron chi connectivity index (χ1n) is 7.14. The summed E-state index contributed by atoms with van der Waals surface area (Å²) in [6.45, 7) is 7.12. The van der Waals surface area contributed by atoms with Gasteiger partial charge in [0.25, 0.3) is 5.91 Å². The second-order valence-corrected chi connectivity index (χ2v) is 6.36. The molecule has 2 rings (SSSR count). The van der Waals surface area contributed by atoms with Gasteiger partial charge in [-0.15, -0.1) is 0 Å². The molecule has 1 heterocycles. The fourth-order valence-electron chi connectivity index (χ4n) is 1.86. The lowest BCUT2D eigenvalue weighted by Gasteiger charge is -2.04. The molecule has 0 saturated carbocycles. The van der Waals surface area contributed by atoms with E-state index in [4.69, 9.17) is 0 Å². The summed E-state index contributed by atoms with van der Waals surface area (Å²) in [6, 6.07) is 9.46. The van der Waals surface area contributed by atoms with Crippen molar-refractivity contribution >= 4 is 28.1 Å². The highest BCUT2D eigenvalue weighted by molar-refractivity contribution is 7.17. The number of hydrogen-bond donors (Lipinski definition) is 2. The fourth-order valence-corrected chi connectivity index (χ4v) is 2.75. The molecule has 2 aromatic rings. The number of nitrogens with zero attached hydrogens (tertiary/aromatic N) is 1. The molecular weight excluding hydrogens is 282 g/mol. The van der Waals surface area contributed by atoms with Crippen molar-refractivity contribution in [3.8, 4) is 0 Å². The number of para-hydroxylation sites is 1. The average molecular weight is 303 g/mol. The second-order valence-electron chi connectivity index (χ2n) is 5.36. The monoisotopic (exact) mass is 303 g/mol. The van der Waals surface area contributed by atoms with Crippen LogP contribution in [0.5, 0.6) is 0 Å². The number of thiazole rings is 1. The van der Waals surface area contributed by atoms with Gasteiger partial charge < -0.3 is 10.6 Å². The predicted octanol–water partition coefficient (Wildman–Crippen LogP) is 4.16. The van der Waals surface area contributed by atoms with E-state index in [1.807, 2.05) is 37.3 Å². The van der Waals surface area contributed by atoms with Crippen LogP contribution < -0.4 is 10.6 Å². The average Bonchev–Trinajstić information content (AvgIpc) is 2.81. The van der Waals surface area contributed by atoms with Gasteiger partial charge in [-0.2, -0.15) is 0 Å². The SMILES string of the molecule is Cc1nc(NCCC(C)C)sc1C(=O)Nc1ccccc1. The van der Waals surface area contributed by atoms with Crippen LogP contribution >= 0.6 is 11.3 Å². The van der Waals surface area contributed by atoms with Gasteiger partial charge in [0.1, 0.15) is 4.88 Å². The van der Waals surface area contributed by atoms with Gasteiger partial charge in [0.05, 0.1) is 5.69 Å². The summed E-state index contributed by atoms with van der Waals surface area (Å²) < 4.78 is 0. The molecule has 0 aliphatic carbocycles. The van der Waals surface area contributed by atoms with E-state index in [1.165, 1.54) is 11.3 Å². The standard InChI is InChI=1S/C16H21N3OS/c1-11(2)9-10-17-16-18-12(3)14(21-16)15(20)19-13-7-5-4-6-8-13/h4-8,11H,9-10H2,1-3H3,(H,17,18)(H,19,20). The number of anilines is 2. The van der Waals surface area contributed by atoms with Crippen LogP contribution in [0.1, 0.15) is 35.6 Å². The third-order valence-electron chi connectivity index (χ3n) is 3.03. The number of rotatable bonds is 6. The first-order valence-corrected chi connectivity index (χ1v) is 7.95. The number of aromatic nitrogens is 1. The number of carbonyl (C=O) groups excluding carboxylic acids is 1. The van der Waals surface area contributed by atoms with Crippen LogP contribution in [0.25, 0.3) is 0 Å². The van der Waals surface area contributed by atoms with Crippen molar-refractivity contribution in [1.29, 1.82) is 0 Å². The Kier molecular flexibility index (Phi) is 5.33. The molecule has 0 radical (unpaired) electrons. The lowest BCUT2D eigenvalue weighted by molar-refractivity contribution is 0.103. The fraction of sp³-hybridized carbons (Fsp3) is 0.375. The Morgan fingerprint density at radius 1 is 1.29 bits per heavy atom. The van der Waals surface area contributed by atoms with Crippen LogP contribution in [0.3, 0.4) is 0 Å². The molecule has 0 aliphatic heterocycles. The Morgan fingerprint density at radius 2 is 2.00 bits per heavy atom. The zero-order valence-electron chi connectivity index (χ0n) is 12.6. The van der Waals surface area contributed by atoms with Crippen molar-refractivity contribution in [2.45, 2.75) is 27.2 Å². The maximum Gasteiger partial charge on any atom is 0.267 e. The van der Waals surface area contributed by atoms with E-state index in [9.17, 15) is 4.79 Å². The van der Waals surface area contributed by atoms with Crippen LogP contribution in [0.15, 0.2) is 30.3 Å². The lowest BCUT2D eigenvalue weighted by atomic mass is 10.1. The molecule has 1 amide bonds. The summed E-state index contributed by atoms with van der Waals surface area (Å²) in [7, 11) is 0. The molecule has 5 heteroatoms. The topological polar surface area (TPSA) is 54.0 Å². The van der Waals surface area contributed by atoms with Gasteiger partial charge in [0.15, 0.2) is 5.13 Å². The zero-order chi connectivity index (χ0) is 15.2. The lowest BCUT2D eigenvalue weighted by Crippen LogP contribution is -2.11. The van der Waals surface area contributed by atoms with Gasteiger partial charge in [-0.25, -0.2) is 4.98 Å². The molecule has 0 unspecified atom stereocenters. The van der Waals surface area contributed by atoms with E-state index in [1.54, 1.807) is 0 Å². The first kappa shape index (κ1) is 15.5. The van der Waals surface area contributed by atoms with Crippen LogP contribution in [-0.4, -0.2) is 17.4 Å². The molecule has 4 nitrogen and oxygen atoms in total. The third kappa shape index (κ3) is 4.56. The van der Waals surface area contributed by atoms with Crippen molar-refractivity contribution in [1.82, 2.24) is 4.98 Å². The molecule has 0 saturated heterocycles. The Bertz CT molecular complexity index is 593. The molecule has 1 aromatic carbocycles. The van der Waals surface area contributed by atoms with Crippen LogP contribution in [0.2, 0.25) is 0 Å². The highest BCUT2D eigenvalue weighted by Gasteiger charge is 2.15. The summed E-state index contributed by atoms with van der Waals surface area (Å²) in [4.78, 5) is 17.3. The van der Waals surface area contributed by atoms with E-state index in [0.717, 1.165) is 29.5 Å². The predicted molar refractivity (Wildman–Crippen MR) is 89.2 cm³/mol. The molecule has 2 N–H and O–H groups in total. The van der Waals surface area contributed by atoms with Gasteiger partial charge in [-0.05, 0) is 31.4 Å². The van der Waals surface area contributed by atoms with E-state index in [-0.39, 0.29) is 5.91 Å². The van der Waals surface area contributed by atoms with Crippen LogP contribution in [0.4, 0.5) is 10.8 Å². The maximum absolute atomic E-state index is 12.3. The van der Waals surface area contributed by atoms with Crippen molar-refractivity contribution in [2.75, 3.05) is 17.2 Å². The normalized spacial score (nSPS) is 10.7. The molecule has 0 atom stereocenters. The van der Waals surface area contributed by atoms with Crippen LogP contribution in [-0.2, 0) is 0 Å². The number of carbonyl (C=O) groups is 1. The number of nitrogens with one attached hydrogen (secondary N) is 2. The van der Waals surface area contributed by atoms with Gasteiger partial charge in [-0.1, -0.05) is 43.4 Å². The van der Waals surface area contributed by atoms with Gasteiger partial charge in [0.2, 0.25) is 0 Å². The molecule has 0 fully saturated rings. The minimum atomic E-state index is -0.104. The highest BCUT2D eigenvalue weighted by atomic mass is 32.1. The summed E-state index contributed by atoms with van der Waals surface area (Å²) in [5.41, 5.74) is 1.56. The smallest absolute Gasteiger partial charge is 0.267 e. The maximum atomic E-state index is 12.3. The molecule has 21 heavy (non-hydrogen) atoms. The van der Waals surface area contributed by atoms with Gasteiger partial charge >= 0.3 is 0 Å². The number of hydrogen-bond acceptors (Lipinski definition) is 4. The van der Waals surface area contributed by atoms with Crippen molar-refractivity contribution < 1.29 is 4.79 Å². The molecule has 0 spiro atoms. The first-order chi connectivity index (χ1) is 10.1. The Balaban J connectivity index is 1.99.